The molecule has 0 atom stereocenters. The molecule has 0 amide bonds. The maximum Gasteiger partial charge on any atom is 0.121 e. The maximum absolute atomic E-state index is 5.55. The summed E-state index contributed by atoms with van der Waals surface area (Å²) < 4.78 is 5.55. The first kappa shape index (κ1) is 14.3. The maximum atomic E-state index is 5.55. The number of benzene rings is 2. The lowest BCUT2D eigenvalue weighted by Crippen LogP contribution is -2.30. The van der Waals surface area contributed by atoms with E-state index >= 15 is 0 Å². The smallest absolute Gasteiger partial charge is 0.121 e. The number of hydrogen-bond donors (Lipinski definition) is 1. The molecule has 0 radical (unpaired) electrons. The first-order chi connectivity index (χ1) is 11.3. The molecular formula is C19H21N3O. The van der Waals surface area contributed by atoms with Gasteiger partial charge in [-0.05, 0) is 36.6 Å². The van der Waals surface area contributed by atoms with Crippen LogP contribution in [-0.4, -0.2) is 28.0 Å². The molecule has 1 aliphatic rings. The summed E-state index contributed by atoms with van der Waals surface area (Å²) in [4.78, 5) is 10.6. The summed E-state index contributed by atoms with van der Waals surface area (Å²) >= 11 is 0. The zero-order valence-corrected chi connectivity index (χ0v) is 13.4. The molecule has 1 N–H and O–H groups in total. The highest BCUT2D eigenvalue weighted by Gasteiger charge is 2.17. The minimum Gasteiger partial charge on any atom is -0.494 e. The van der Waals surface area contributed by atoms with E-state index in [4.69, 9.17) is 9.72 Å². The van der Waals surface area contributed by atoms with Gasteiger partial charge in [0, 0.05) is 19.2 Å². The summed E-state index contributed by atoms with van der Waals surface area (Å²) in [5.41, 5.74) is 4.97. The summed E-state index contributed by atoms with van der Waals surface area (Å²) in [5, 5.41) is 0. The number of aromatic nitrogens is 2. The molecule has 2 heterocycles. The first-order valence-electron chi connectivity index (χ1n) is 8.22. The Labute approximate surface area is 136 Å². The van der Waals surface area contributed by atoms with Crippen LogP contribution in [0.15, 0.2) is 42.5 Å². The van der Waals surface area contributed by atoms with Gasteiger partial charge in [0.2, 0.25) is 0 Å². The van der Waals surface area contributed by atoms with Gasteiger partial charge in [-0.15, -0.1) is 0 Å². The van der Waals surface area contributed by atoms with Gasteiger partial charge in [0.15, 0.2) is 0 Å². The van der Waals surface area contributed by atoms with Crippen molar-refractivity contribution in [1.82, 2.24) is 14.9 Å². The molecule has 0 spiro atoms. The van der Waals surface area contributed by atoms with E-state index in [1.807, 2.05) is 25.1 Å². The fraction of sp³-hybridized carbons (Fsp3) is 0.316. The van der Waals surface area contributed by atoms with Crippen LogP contribution < -0.4 is 4.74 Å². The van der Waals surface area contributed by atoms with E-state index in [1.54, 1.807) is 0 Å². The number of aromatic amines is 1. The van der Waals surface area contributed by atoms with Crippen molar-refractivity contribution in [2.75, 3.05) is 13.2 Å². The number of hydrogen-bond acceptors (Lipinski definition) is 3. The highest BCUT2D eigenvalue weighted by molar-refractivity contribution is 5.76. The monoisotopic (exact) mass is 307 g/mol. The Hall–Kier alpha value is -2.33. The van der Waals surface area contributed by atoms with Gasteiger partial charge < -0.3 is 9.72 Å². The van der Waals surface area contributed by atoms with E-state index in [0.717, 1.165) is 48.7 Å². The highest BCUT2D eigenvalue weighted by atomic mass is 16.5. The minimum atomic E-state index is 0.680. The second-order valence-corrected chi connectivity index (χ2v) is 6.02. The zero-order chi connectivity index (χ0) is 15.6. The molecule has 0 bridgehead atoms. The molecule has 3 aromatic rings. The van der Waals surface area contributed by atoms with E-state index in [9.17, 15) is 0 Å². The zero-order valence-electron chi connectivity index (χ0n) is 13.4. The van der Waals surface area contributed by atoms with Crippen LogP contribution in [0, 0.1) is 0 Å². The van der Waals surface area contributed by atoms with Crippen molar-refractivity contribution in [1.29, 1.82) is 0 Å². The van der Waals surface area contributed by atoms with Crippen molar-refractivity contribution in [2.45, 2.75) is 26.4 Å². The molecule has 0 aliphatic carbocycles. The van der Waals surface area contributed by atoms with Crippen molar-refractivity contribution in [3.63, 3.8) is 0 Å². The van der Waals surface area contributed by atoms with Crippen LogP contribution in [0.25, 0.3) is 11.0 Å². The van der Waals surface area contributed by atoms with Gasteiger partial charge in [-0.1, -0.05) is 24.3 Å². The molecule has 0 fully saturated rings. The lowest BCUT2D eigenvalue weighted by atomic mass is 10.00. The molecule has 1 aromatic heterocycles. The quantitative estimate of drug-likeness (QED) is 0.802. The van der Waals surface area contributed by atoms with Gasteiger partial charge in [0.25, 0.3) is 0 Å². The number of ether oxygens (including phenoxy) is 1. The number of nitrogens with zero attached hydrogens (tertiary/aromatic N) is 2. The molecule has 2 aromatic carbocycles. The van der Waals surface area contributed by atoms with Gasteiger partial charge in [-0.3, -0.25) is 4.90 Å². The van der Waals surface area contributed by atoms with E-state index in [1.165, 1.54) is 11.1 Å². The van der Waals surface area contributed by atoms with Gasteiger partial charge in [-0.2, -0.15) is 0 Å². The van der Waals surface area contributed by atoms with Crippen LogP contribution in [-0.2, 0) is 19.5 Å². The highest BCUT2D eigenvalue weighted by Crippen LogP contribution is 2.22. The predicted octanol–water partition coefficient (Wildman–Crippen LogP) is 3.52. The molecule has 1 aliphatic heterocycles. The molecular weight excluding hydrogens is 286 g/mol. The summed E-state index contributed by atoms with van der Waals surface area (Å²) in [6.07, 6.45) is 1.12. The van der Waals surface area contributed by atoms with Crippen LogP contribution in [0.2, 0.25) is 0 Å². The third-order valence-electron chi connectivity index (χ3n) is 4.40. The Morgan fingerprint density at radius 3 is 2.91 bits per heavy atom. The standard InChI is InChI=1S/C19H21N3O/c1-2-23-16-7-8-17-18(11-16)21-19(20-17)13-22-10-9-14-5-3-4-6-15(14)12-22/h3-8,11H,2,9-10,12-13H2,1H3,(H,20,21). The Balaban J connectivity index is 1.52. The second kappa shape index (κ2) is 6.05. The van der Waals surface area contributed by atoms with Crippen molar-refractivity contribution in [2.24, 2.45) is 0 Å². The normalized spacial score (nSPS) is 14.8. The van der Waals surface area contributed by atoms with Crippen LogP contribution in [0.3, 0.4) is 0 Å². The molecule has 0 saturated heterocycles. The average molecular weight is 307 g/mol. The van der Waals surface area contributed by atoms with E-state index in [-0.39, 0.29) is 0 Å². The fourth-order valence-corrected chi connectivity index (χ4v) is 3.27. The third-order valence-corrected chi connectivity index (χ3v) is 4.40. The molecule has 0 unspecified atom stereocenters. The van der Waals surface area contributed by atoms with Crippen LogP contribution >= 0.6 is 0 Å². The van der Waals surface area contributed by atoms with E-state index < -0.39 is 0 Å². The summed E-state index contributed by atoms with van der Waals surface area (Å²) in [6, 6.07) is 14.8. The fourth-order valence-electron chi connectivity index (χ4n) is 3.27. The van der Waals surface area contributed by atoms with Crippen molar-refractivity contribution in [3.05, 3.63) is 59.4 Å². The number of nitrogens with one attached hydrogen (secondary N) is 1. The predicted molar refractivity (Wildman–Crippen MR) is 91.5 cm³/mol. The number of H-pyrrole nitrogens is 1. The van der Waals surface area contributed by atoms with Crippen LogP contribution in [0.1, 0.15) is 23.9 Å². The van der Waals surface area contributed by atoms with Crippen molar-refractivity contribution >= 4 is 11.0 Å². The van der Waals surface area contributed by atoms with Gasteiger partial charge in [-0.25, -0.2) is 4.98 Å². The summed E-state index contributed by atoms with van der Waals surface area (Å²) in [7, 11) is 0. The summed E-state index contributed by atoms with van der Waals surface area (Å²) in [6.45, 7) is 5.61. The molecule has 4 heteroatoms. The third kappa shape index (κ3) is 2.94. The van der Waals surface area contributed by atoms with Crippen LogP contribution in [0.5, 0.6) is 5.75 Å². The Bertz CT molecular complexity index is 824. The van der Waals surface area contributed by atoms with E-state index in [0.29, 0.717) is 6.61 Å². The SMILES string of the molecule is CCOc1ccc2nc(CN3CCc4ccccc4C3)[nH]c2c1. The number of fused-ring (bicyclic) bond motifs is 2. The second-order valence-electron chi connectivity index (χ2n) is 6.02. The lowest BCUT2D eigenvalue weighted by Gasteiger charge is -2.27. The van der Waals surface area contributed by atoms with Crippen LogP contribution in [0.4, 0.5) is 0 Å². The minimum absolute atomic E-state index is 0.680. The Morgan fingerprint density at radius 1 is 1.17 bits per heavy atom. The number of imidazole rings is 1. The Kier molecular flexibility index (Phi) is 3.75. The van der Waals surface area contributed by atoms with Crippen molar-refractivity contribution < 1.29 is 4.74 Å². The number of rotatable bonds is 4. The molecule has 0 saturated carbocycles. The molecule has 4 nitrogen and oxygen atoms in total. The molecule has 23 heavy (non-hydrogen) atoms. The first-order valence-corrected chi connectivity index (χ1v) is 8.22. The molecule has 118 valence electrons. The Morgan fingerprint density at radius 2 is 2.04 bits per heavy atom. The largest absolute Gasteiger partial charge is 0.494 e. The average Bonchev–Trinajstić information content (AvgIpc) is 2.96. The topological polar surface area (TPSA) is 41.1 Å². The van der Waals surface area contributed by atoms with Gasteiger partial charge in [0.1, 0.15) is 11.6 Å². The van der Waals surface area contributed by atoms with Crippen molar-refractivity contribution in [3.8, 4) is 5.75 Å². The van der Waals surface area contributed by atoms with E-state index in [2.05, 4.69) is 34.1 Å². The lowest BCUT2D eigenvalue weighted by molar-refractivity contribution is 0.240. The van der Waals surface area contributed by atoms with Gasteiger partial charge >= 0.3 is 0 Å². The van der Waals surface area contributed by atoms with Gasteiger partial charge in [0.05, 0.1) is 24.2 Å². The molecule has 4 rings (SSSR count). The summed E-state index contributed by atoms with van der Waals surface area (Å²) in [5.74, 6) is 1.91.